The Balaban J connectivity index is 0.000000169. The van der Waals surface area contributed by atoms with Crippen LogP contribution < -0.4 is 25.8 Å². The Morgan fingerprint density at radius 3 is 1.47 bits per heavy atom. The standard InChI is InChI=1S/C32H27Cl3N4O3.C26H22Cl3N3O3.C6H5NO/c1-42-31(40)25-18-38(16-20-7-4-5-12-36-20)17-24(25)19-13-22(21-8-2-3-9-26(21)33)23-15-37-32(41)39(29(23)14-19)30-27(34)10-6-11-28(30)35;1-35-25(33)19-12-30-11-17(19)14-9-16(15-5-2-3-6-20(15)27)18-13-31-26(34)32(23(18)10-14)24-21(28)7-4-8-22(24)29;8-5-6-3-1-2-4-7-6/h2-14,24-25H,15-18H2,1H3,(H,37,41);2-10,17,19,30H,11-13H2,1H3,(H,31,34);1-5H/t24?,25-;17?,19-;/m00./s1. The fourth-order valence-corrected chi connectivity index (χ4v) is 12.9. The summed E-state index contributed by atoms with van der Waals surface area (Å²) < 4.78 is 10.3. The summed E-state index contributed by atoms with van der Waals surface area (Å²) >= 11 is 39.6. The summed E-state index contributed by atoms with van der Waals surface area (Å²) in [4.78, 5) is 75.7. The number of aromatic nitrogens is 2. The molecule has 0 spiro atoms. The molecule has 3 N–H and O–H groups in total. The molecule has 0 saturated carbocycles. The summed E-state index contributed by atoms with van der Waals surface area (Å²) in [6.07, 6.45) is 4.07. The Kier molecular flexibility index (Phi) is 19.4. The largest absolute Gasteiger partial charge is 0.469 e. The third-order valence-corrected chi connectivity index (χ3v) is 17.1. The van der Waals surface area contributed by atoms with Crippen molar-refractivity contribution in [2.45, 2.75) is 31.5 Å². The number of hydrogen-bond acceptors (Lipinski definition) is 11. The molecule has 4 amide bonds. The van der Waals surface area contributed by atoms with Crippen LogP contribution in [-0.4, -0.2) is 85.6 Å². The molecule has 434 valence electrons. The van der Waals surface area contributed by atoms with E-state index in [0.29, 0.717) is 97.8 Å². The average Bonchev–Trinajstić information content (AvgIpc) is 1.80. The fraction of sp³-hybridized carbons (Fsp3) is 0.203. The van der Waals surface area contributed by atoms with E-state index >= 15 is 0 Å². The number of methoxy groups -OCH3 is 2. The number of carbonyl (C=O) groups excluding carboxylic acids is 5. The highest BCUT2D eigenvalue weighted by molar-refractivity contribution is 6.41. The van der Waals surface area contributed by atoms with Crippen LogP contribution >= 0.6 is 69.6 Å². The number of amides is 4. The normalized spacial score (nSPS) is 17.9. The number of anilines is 4. The number of aldehydes is 1. The van der Waals surface area contributed by atoms with Gasteiger partial charge >= 0.3 is 24.0 Å². The first-order valence-corrected chi connectivity index (χ1v) is 29.2. The molecule has 2 aromatic heterocycles. The maximum atomic E-state index is 13.5. The molecule has 85 heavy (non-hydrogen) atoms. The second kappa shape index (κ2) is 27.2. The van der Waals surface area contributed by atoms with Gasteiger partial charge in [-0.05, 0) is 95.1 Å². The van der Waals surface area contributed by atoms with Crippen LogP contribution in [0.1, 0.15) is 50.3 Å². The highest BCUT2D eigenvalue weighted by Gasteiger charge is 2.42. The van der Waals surface area contributed by atoms with Crippen LogP contribution in [0.3, 0.4) is 0 Å². The van der Waals surface area contributed by atoms with E-state index in [2.05, 4.69) is 43.0 Å². The van der Waals surface area contributed by atoms with Crippen molar-refractivity contribution in [3.63, 3.8) is 0 Å². The van der Waals surface area contributed by atoms with Gasteiger partial charge in [0.05, 0.1) is 74.6 Å². The molecule has 4 aliphatic heterocycles. The first-order chi connectivity index (χ1) is 41.2. The highest BCUT2D eigenvalue weighted by atomic mass is 35.5. The minimum Gasteiger partial charge on any atom is -0.469 e. The monoisotopic (exact) mass is 1260 g/mol. The number of hydrogen-bond donors (Lipinski definition) is 3. The number of carbonyl (C=O) groups is 5. The van der Waals surface area contributed by atoms with Gasteiger partial charge in [0.2, 0.25) is 0 Å². The van der Waals surface area contributed by atoms with Crippen molar-refractivity contribution in [2.24, 2.45) is 11.8 Å². The Labute approximate surface area is 521 Å². The summed E-state index contributed by atoms with van der Waals surface area (Å²) in [6.45, 7) is 3.39. The number of halogens is 6. The smallest absolute Gasteiger partial charge is 0.326 e. The lowest BCUT2D eigenvalue weighted by Crippen LogP contribution is -2.42. The van der Waals surface area contributed by atoms with Crippen LogP contribution in [0.5, 0.6) is 0 Å². The van der Waals surface area contributed by atoms with Crippen LogP contribution in [-0.2, 0) is 38.7 Å². The third-order valence-electron chi connectivity index (χ3n) is 15.3. The van der Waals surface area contributed by atoms with E-state index in [9.17, 15) is 24.0 Å². The minimum atomic E-state index is -0.425. The SMILES string of the molecule is COC(=O)[C@H]1CN(Cc2ccccn2)CC1c1cc(-c2ccccc2Cl)c2c(c1)N(c1c(Cl)cccc1Cl)C(=O)NC2.COC(=O)[C@H]1CNCC1c1cc(-c2ccccc2Cl)c2c(c1)N(c1c(Cl)cccc1Cl)C(=O)NC2.O=Cc1ccccn1. The molecular weight excluding hydrogens is 1210 g/mol. The van der Waals surface area contributed by atoms with E-state index in [1.54, 1.807) is 67.0 Å². The first kappa shape index (κ1) is 60.5. The first-order valence-electron chi connectivity index (χ1n) is 26.9. The van der Waals surface area contributed by atoms with Crippen molar-refractivity contribution in [1.29, 1.82) is 0 Å². The van der Waals surface area contributed by atoms with Crippen molar-refractivity contribution in [3.8, 4) is 22.3 Å². The van der Waals surface area contributed by atoms with Crippen LogP contribution in [0.4, 0.5) is 32.3 Å². The van der Waals surface area contributed by atoms with Gasteiger partial charge in [0.15, 0.2) is 6.29 Å². The van der Waals surface area contributed by atoms with E-state index in [0.717, 1.165) is 56.5 Å². The molecule has 0 aliphatic carbocycles. The molecule has 21 heteroatoms. The zero-order valence-electron chi connectivity index (χ0n) is 45.7. The molecule has 6 aromatic carbocycles. The predicted octanol–water partition coefficient (Wildman–Crippen LogP) is 14.5. The number of nitrogens with one attached hydrogen (secondary N) is 3. The topological polar surface area (TPSA) is 175 Å². The molecule has 2 unspecified atom stereocenters. The van der Waals surface area contributed by atoms with Gasteiger partial charge in [0.1, 0.15) is 5.69 Å². The third kappa shape index (κ3) is 13.0. The maximum absolute atomic E-state index is 13.5. The molecule has 8 aromatic rings. The van der Waals surface area contributed by atoms with Gasteiger partial charge < -0.3 is 25.4 Å². The van der Waals surface area contributed by atoms with E-state index in [-0.39, 0.29) is 48.3 Å². The van der Waals surface area contributed by atoms with Crippen molar-refractivity contribution in [3.05, 3.63) is 222 Å². The predicted molar refractivity (Wildman–Crippen MR) is 334 cm³/mol. The molecule has 0 radical (unpaired) electrons. The average molecular weight is 1260 g/mol. The minimum absolute atomic E-state index is 0.150. The summed E-state index contributed by atoms with van der Waals surface area (Å²) in [5.74, 6) is -1.72. The van der Waals surface area contributed by atoms with Gasteiger partial charge in [-0.1, -0.05) is 142 Å². The van der Waals surface area contributed by atoms with Gasteiger partial charge in [-0.2, -0.15) is 0 Å². The molecule has 4 atom stereocenters. The van der Waals surface area contributed by atoms with E-state index in [4.69, 9.17) is 79.1 Å². The number of pyridine rings is 2. The Hall–Kier alpha value is -7.57. The summed E-state index contributed by atoms with van der Waals surface area (Å²) in [5, 5.41) is 11.7. The molecule has 12 rings (SSSR count). The van der Waals surface area contributed by atoms with Crippen molar-refractivity contribution in [2.75, 3.05) is 50.2 Å². The fourth-order valence-electron chi connectivity index (χ4n) is 11.3. The maximum Gasteiger partial charge on any atom is 0.326 e. The lowest BCUT2D eigenvalue weighted by Gasteiger charge is -2.34. The molecule has 2 fully saturated rings. The molecule has 2 saturated heterocycles. The lowest BCUT2D eigenvalue weighted by molar-refractivity contribution is -0.146. The lowest BCUT2D eigenvalue weighted by atomic mass is 9.84. The summed E-state index contributed by atoms with van der Waals surface area (Å²) in [6, 6.07) is 43.7. The Morgan fingerprint density at radius 2 is 1.01 bits per heavy atom. The zero-order valence-corrected chi connectivity index (χ0v) is 50.2. The Bertz CT molecular complexity index is 3790. The number of likely N-dealkylation sites (tertiary alicyclic amines) is 1. The number of fused-ring (bicyclic) bond motifs is 2. The summed E-state index contributed by atoms with van der Waals surface area (Å²) in [5.41, 5.74) is 10.3. The summed E-state index contributed by atoms with van der Waals surface area (Å²) in [7, 11) is 2.81. The van der Waals surface area contributed by atoms with Gasteiger partial charge in [0.25, 0.3) is 0 Å². The molecule has 15 nitrogen and oxygen atoms in total. The van der Waals surface area contributed by atoms with Gasteiger partial charge in [-0.3, -0.25) is 39.1 Å². The van der Waals surface area contributed by atoms with Gasteiger partial charge in [0, 0.05) is 102 Å². The number of rotatable bonds is 11. The van der Waals surface area contributed by atoms with Crippen LogP contribution in [0, 0.1) is 11.8 Å². The number of ether oxygens (including phenoxy) is 2. The molecule has 0 bridgehead atoms. The molecular formula is C64H54Cl6N8O7. The van der Waals surface area contributed by atoms with E-state index < -0.39 is 5.92 Å². The van der Waals surface area contributed by atoms with E-state index in [1.807, 2.05) is 78.9 Å². The zero-order chi connectivity index (χ0) is 59.9. The quantitative estimate of drug-likeness (QED) is 0.0830. The second-order valence-electron chi connectivity index (χ2n) is 20.2. The van der Waals surface area contributed by atoms with Crippen LogP contribution in [0.2, 0.25) is 30.1 Å². The molecule has 4 aliphatic rings. The van der Waals surface area contributed by atoms with Gasteiger partial charge in [-0.15, -0.1) is 0 Å². The number of urea groups is 2. The van der Waals surface area contributed by atoms with Crippen molar-refractivity contribution >= 4 is 123 Å². The van der Waals surface area contributed by atoms with Crippen LogP contribution in [0.15, 0.2) is 158 Å². The number of esters is 2. The number of nitrogens with zero attached hydrogens (tertiary/aromatic N) is 5. The van der Waals surface area contributed by atoms with E-state index in [1.165, 1.54) is 24.0 Å². The number of para-hydroxylation sites is 2. The van der Waals surface area contributed by atoms with Gasteiger partial charge in [-0.25, -0.2) is 9.59 Å². The van der Waals surface area contributed by atoms with Crippen molar-refractivity contribution < 1.29 is 33.4 Å². The number of benzene rings is 6. The van der Waals surface area contributed by atoms with Crippen molar-refractivity contribution in [1.82, 2.24) is 30.8 Å². The molecule has 6 heterocycles. The highest BCUT2D eigenvalue weighted by Crippen LogP contribution is 2.49. The van der Waals surface area contributed by atoms with Crippen LogP contribution in [0.25, 0.3) is 22.3 Å². The Morgan fingerprint density at radius 1 is 0.541 bits per heavy atom. The second-order valence-corrected chi connectivity index (χ2v) is 22.7.